The van der Waals surface area contributed by atoms with Crippen LogP contribution in [0, 0.1) is 0 Å². The number of aromatic nitrogens is 3. The van der Waals surface area contributed by atoms with Crippen LogP contribution in [-0.2, 0) is 21.8 Å². The van der Waals surface area contributed by atoms with Gasteiger partial charge < -0.3 is 14.2 Å². The Labute approximate surface area is 217 Å². The molecule has 196 valence electrons. The summed E-state index contributed by atoms with van der Waals surface area (Å²) in [5.41, 5.74) is 4.54. The van der Waals surface area contributed by atoms with Gasteiger partial charge >= 0.3 is 0 Å². The molecule has 2 aromatic heterocycles. The van der Waals surface area contributed by atoms with Gasteiger partial charge in [-0.15, -0.1) is 0 Å². The fourth-order valence-electron chi connectivity index (χ4n) is 5.78. The monoisotopic (exact) mass is 523 g/mol. The molecule has 1 N–H and O–H groups in total. The summed E-state index contributed by atoms with van der Waals surface area (Å²) in [6.07, 6.45) is 10.9. The highest BCUT2D eigenvalue weighted by Gasteiger charge is 2.37. The van der Waals surface area contributed by atoms with Gasteiger partial charge in [-0.25, -0.2) is 23.1 Å². The number of anilines is 1. The number of carbonyl (C=O) groups excluding carboxylic acids is 1. The number of nitrogens with zero attached hydrogens (tertiary/aromatic N) is 4. The Balaban J connectivity index is 1.40. The van der Waals surface area contributed by atoms with E-state index in [1.54, 1.807) is 6.07 Å². The van der Waals surface area contributed by atoms with Crippen LogP contribution in [0.5, 0.6) is 0 Å². The van der Waals surface area contributed by atoms with Gasteiger partial charge in [-0.2, -0.15) is 0 Å². The molecule has 3 aromatic rings. The zero-order chi connectivity index (χ0) is 25.6. The van der Waals surface area contributed by atoms with E-state index in [-0.39, 0.29) is 0 Å². The quantitative estimate of drug-likeness (QED) is 0.525. The zero-order valence-electron chi connectivity index (χ0n) is 21.1. The zero-order valence-corrected chi connectivity index (χ0v) is 22.0. The van der Waals surface area contributed by atoms with Crippen LogP contribution in [0.1, 0.15) is 66.8 Å². The molecule has 1 aromatic carbocycles. The largest absolute Gasteiger partial charge is 0.378 e. The molecule has 0 bridgehead atoms. The summed E-state index contributed by atoms with van der Waals surface area (Å²) >= 11 is 0. The molecule has 6 rings (SSSR count). The topological polar surface area (TPSA) is 106 Å². The van der Waals surface area contributed by atoms with Crippen LogP contribution in [0.15, 0.2) is 30.6 Å². The van der Waals surface area contributed by atoms with Crippen LogP contribution in [0.4, 0.5) is 5.95 Å². The van der Waals surface area contributed by atoms with Crippen LogP contribution in [-0.4, -0.2) is 60.4 Å². The first kappa shape index (κ1) is 24.4. The van der Waals surface area contributed by atoms with Gasteiger partial charge in [0.25, 0.3) is 5.91 Å². The lowest BCUT2D eigenvalue weighted by atomic mass is 9.82. The van der Waals surface area contributed by atoms with Gasteiger partial charge in [-0.1, -0.05) is 25.3 Å². The Morgan fingerprint density at radius 3 is 2.41 bits per heavy atom. The molecule has 10 heteroatoms. The number of carbonyl (C=O) groups is 1. The van der Waals surface area contributed by atoms with Gasteiger partial charge in [0.15, 0.2) is 0 Å². The third-order valence-corrected chi connectivity index (χ3v) is 9.74. The normalized spacial score (nSPS) is 19.3. The van der Waals surface area contributed by atoms with Crippen LogP contribution in [0.3, 0.4) is 0 Å². The molecule has 37 heavy (non-hydrogen) atoms. The first-order valence-corrected chi connectivity index (χ1v) is 14.8. The molecule has 0 unspecified atom stereocenters. The lowest BCUT2D eigenvalue weighted by Gasteiger charge is -2.27. The Morgan fingerprint density at radius 1 is 1.03 bits per heavy atom. The van der Waals surface area contributed by atoms with Crippen molar-refractivity contribution < 1.29 is 17.9 Å². The van der Waals surface area contributed by atoms with Gasteiger partial charge in [0.05, 0.1) is 24.2 Å². The van der Waals surface area contributed by atoms with Crippen molar-refractivity contribution >= 4 is 32.8 Å². The number of amides is 1. The predicted octanol–water partition coefficient (Wildman–Crippen LogP) is 3.74. The predicted molar refractivity (Wildman–Crippen MR) is 142 cm³/mol. The highest BCUT2D eigenvalue weighted by molar-refractivity contribution is 7.91. The molecule has 1 amide bonds. The van der Waals surface area contributed by atoms with Crippen molar-refractivity contribution in [3.8, 4) is 11.3 Å². The summed E-state index contributed by atoms with van der Waals surface area (Å²) in [5.74, 6) is 0.552. The number of hydrogen-bond donors (Lipinski definition) is 1. The molecule has 3 heterocycles. The number of nitrogens with one attached hydrogen (secondary N) is 1. The van der Waals surface area contributed by atoms with Crippen LogP contribution in [0.2, 0.25) is 0 Å². The van der Waals surface area contributed by atoms with Crippen molar-refractivity contribution in [1.29, 1.82) is 0 Å². The lowest BCUT2D eigenvalue weighted by Crippen LogP contribution is -2.37. The van der Waals surface area contributed by atoms with Gasteiger partial charge in [-0.05, 0) is 49.3 Å². The Bertz CT molecular complexity index is 1420. The van der Waals surface area contributed by atoms with Crippen molar-refractivity contribution in [1.82, 2.24) is 19.3 Å². The Hall–Kier alpha value is -2.98. The maximum atomic E-state index is 12.9. The summed E-state index contributed by atoms with van der Waals surface area (Å²) in [6, 6.07) is 5.53. The highest BCUT2D eigenvalue weighted by Crippen LogP contribution is 2.43. The Morgan fingerprint density at radius 2 is 1.73 bits per heavy atom. The summed E-state index contributed by atoms with van der Waals surface area (Å²) in [7, 11) is -1.61. The van der Waals surface area contributed by atoms with Crippen LogP contribution in [0.25, 0.3) is 22.2 Å². The van der Waals surface area contributed by atoms with E-state index in [9.17, 15) is 13.2 Å². The molecule has 0 radical (unpaired) electrons. The van der Waals surface area contributed by atoms with Crippen molar-refractivity contribution in [2.75, 3.05) is 31.2 Å². The molecular formula is C27H33N5O4S. The molecule has 1 aliphatic heterocycles. The third kappa shape index (κ3) is 4.72. The molecule has 2 aliphatic carbocycles. The van der Waals surface area contributed by atoms with E-state index >= 15 is 0 Å². The van der Waals surface area contributed by atoms with Crippen molar-refractivity contribution in [3.05, 3.63) is 41.7 Å². The molecule has 1 saturated heterocycles. The molecule has 3 aliphatic rings. The van der Waals surface area contributed by atoms with E-state index in [2.05, 4.69) is 14.2 Å². The van der Waals surface area contributed by atoms with E-state index in [0.29, 0.717) is 43.5 Å². The van der Waals surface area contributed by atoms with E-state index in [0.717, 1.165) is 48.1 Å². The lowest BCUT2D eigenvalue weighted by molar-refractivity contribution is 0.0981. The van der Waals surface area contributed by atoms with E-state index < -0.39 is 21.2 Å². The van der Waals surface area contributed by atoms with Crippen molar-refractivity contribution in [2.45, 2.75) is 56.1 Å². The summed E-state index contributed by atoms with van der Waals surface area (Å²) in [4.78, 5) is 24.4. The molecular weight excluding hydrogens is 490 g/mol. The second-order valence-corrected chi connectivity index (χ2v) is 12.4. The molecule has 2 saturated carbocycles. The number of sulfonamides is 1. The third-order valence-electron chi connectivity index (χ3n) is 7.92. The minimum Gasteiger partial charge on any atom is -0.378 e. The number of fused-ring (bicyclic) bond motifs is 1. The number of ether oxygens (including phenoxy) is 1. The van der Waals surface area contributed by atoms with Crippen LogP contribution < -0.4 is 9.62 Å². The van der Waals surface area contributed by atoms with Crippen molar-refractivity contribution in [2.24, 2.45) is 7.05 Å². The maximum Gasteiger partial charge on any atom is 0.264 e. The first-order chi connectivity index (χ1) is 17.9. The standard InChI is InChI=1S/C27H33N5O4S/c1-31-23-15-19(26(33)30-37(34,35)21-8-9-21)7-10-22(23)24(18-5-3-2-4-6-18)25(31)20-16-28-27(29-17-20)32-11-13-36-14-12-32/h7,10,15-18,21H,2-6,8-9,11-14H2,1H3,(H,30,33). The van der Waals surface area contributed by atoms with Crippen molar-refractivity contribution in [3.63, 3.8) is 0 Å². The minimum absolute atomic E-state index is 0.345. The first-order valence-electron chi connectivity index (χ1n) is 13.3. The van der Waals surface area contributed by atoms with E-state index in [1.165, 1.54) is 24.8 Å². The number of benzene rings is 1. The number of rotatable bonds is 6. The molecule has 3 fully saturated rings. The molecule has 0 spiro atoms. The number of aryl methyl sites for hydroxylation is 1. The summed E-state index contributed by atoms with van der Waals surface area (Å²) in [6.45, 7) is 2.92. The number of morpholine rings is 1. The van der Waals surface area contributed by atoms with Crippen LogP contribution >= 0.6 is 0 Å². The highest BCUT2D eigenvalue weighted by atomic mass is 32.2. The second-order valence-electron chi connectivity index (χ2n) is 10.4. The van der Waals surface area contributed by atoms with E-state index in [4.69, 9.17) is 14.7 Å². The smallest absolute Gasteiger partial charge is 0.264 e. The maximum absolute atomic E-state index is 12.9. The average molecular weight is 524 g/mol. The molecule has 9 nitrogen and oxygen atoms in total. The number of hydrogen-bond acceptors (Lipinski definition) is 7. The average Bonchev–Trinajstić information content (AvgIpc) is 3.75. The van der Waals surface area contributed by atoms with Gasteiger partial charge in [0, 0.05) is 54.6 Å². The van der Waals surface area contributed by atoms with Gasteiger partial charge in [0.1, 0.15) is 0 Å². The fourth-order valence-corrected chi connectivity index (χ4v) is 7.08. The summed E-state index contributed by atoms with van der Waals surface area (Å²) in [5, 5.41) is 0.656. The van der Waals surface area contributed by atoms with Gasteiger partial charge in [0.2, 0.25) is 16.0 Å². The van der Waals surface area contributed by atoms with Gasteiger partial charge in [-0.3, -0.25) is 4.79 Å². The SMILES string of the molecule is Cn1c(-c2cnc(N3CCOCC3)nc2)c(C2CCCCC2)c2ccc(C(=O)NS(=O)(=O)C3CC3)cc21. The Kier molecular flexibility index (Phi) is 6.40. The molecule has 0 atom stereocenters. The second kappa shape index (κ2) is 9.72. The minimum atomic E-state index is -3.61. The summed E-state index contributed by atoms with van der Waals surface area (Å²) < 4.78 is 34.5. The fraction of sp³-hybridized carbons (Fsp3) is 0.519. The van der Waals surface area contributed by atoms with E-state index in [1.807, 2.05) is 31.6 Å².